The van der Waals surface area contributed by atoms with Crippen LogP contribution in [0.25, 0.3) is 0 Å². The van der Waals surface area contributed by atoms with E-state index in [1.165, 1.54) is 7.11 Å². The Morgan fingerprint density at radius 2 is 2.10 bits per heavy atom. The molecule has 3 aliphatic rings. The number of likely N-dealkylation sites (tertiary alicyclic amines) is 1. The molecule has 3 atom stereocenters. The lowest BCUT2D eigenvalue weighted by molar-refractivity contribution is -0.271. The smallest absolute Gasteiger partial charge is 0.254 e. The third kappa shape index (κ3) is 4.76. The molecule has 0 saturated carbocycles. The maximum absolute atomic E-state index is 12.7. The van der Waals surface area contributed by atoms with Gasteiger partial charge in [0.05, 0.1) is 37.1 Å². The number of aryl methyl sites for hydroxylation is 1. The molecule has 0 bridgehead atoms. The highest BCUT2D eigenvalue weighted by atomic mass is 16.6. The molecular weight excluding hydrogens is 400 g/mol. The second-order valence-electron chi connectivity index (χ2n) is 10.3. The van der Waals surface area contributed by atoms with Crippen LogP contribution in [0.2, 0.25) is 0 Å². The van der Waals surface area contributed by atoms with Crippen LogP contribution in [0.1, 0.15) is 65.1 Å². The minimum Gasteiger partial charge on any atom is -0.479 e. The van der Waals surface area contributed by atoms with Crippen LogP contribution in [-0.2, 0) is 20.7 Å². The van der Waals surface area contributed by atoms with Crippen molar-refractivity contribution in [1.82, 2.24) is 10.1 Å². The van der Waals surface area contributed by atoms with Gasteiger partial charge in [0.25, 0.3) is 5.88 Å². The number of carbonyl (C=O) groups excluding carboxylic acids is 1. The molecule has 1 aromatic heterocycles. The Hall–Kier alpha value is -1.64. The first-order chi connectivity index (χ1) is 14.6. The van der Waals surface area contributed by atoms with Crippen molar-refractivity contribution in [3.8, 4) is 5.88 Å². The van der Waals surface area contributed by atoms with Crippen molar-refractivity contribution in [2.45, 2.75) is 89.1 Å². The molecule has 174 valence electrons. The Morgan fingerprint density at radius 3 is 2.74 bits per heavy atom. The summed E-state index contributed by atoms with van der Waals surface area (Å²) in [6, 6.07) is 1.72. The number of piperidine rings is 1. The summed E-state index contributed by atoms with van der Waals surface area (Å²) < 4.78 is 23.0. The van der Waals surface area contributed by atoms with Crippen molar-refractivity contribution in [3.63, 3.8) is 0 Å². The van der Waals surface area contributed by atoms with Gasteiger partial charge in [0.15, 0.2) is 0 Å². The number of hydrogen-bond acceptors (Lipinski definition) is 7. The molecule has 1 aromatic rings. The zero-order chi connectivity index (χ0) is 22.3. The summed E-state index contributed by atoms with van der Waals surface area (Å²) in [5, 5.41) is 14.2. The van der Waals surface area contributed by atoms with Crippen LogP contribution in [0.4, 0.5) is 0 Å². The maximum atomic E-state index is 12.7. The summed E-state index contributed by atoms with van der Waals surface area (Å²) in [4.78, 5) is 14.7. The van der Waals surface area contributed by atoms with Gasteiger partial charge in [-0.15, -0.1) is 0 Å². The van der Waals surface area contributed by atoms with E-state index in [1.807, 2.05) is 18.7 Å². The van der Waals surface area contributed by atoms with Gasteiger partial charge in [0.2, 0.25) is 5.91 Å². The first kappa shape index (κ1) is 22.6. The first-order valence-electron chi connectivity index (χ1n) is 11.4. The standard InChI is InChI=1S/C23H36N2O6/c1-21(2,27)17-7-8-22(3)18(30-17)14-23(15-29-22)9-11-25(12-10-23)20(26)6-5-16-13-19(28-4)24-31-16/h13,17-18,27H,5-12,14-15H2,1-4H3/t17-,18-,22+/m0/s1. The molecule has 0 radical (unpaired) electrons. The van der Waals surface area contributed by atoms with E-state index in [2.05, 4.69) is 12.1 Å². The van der Waals surface area contributed by atoms with Gasteiger partial charge >= 0.3 is 0 Å². The topological polar surface area (TPSA) is 94.3 Å². The molecule has 4 heterocycles. The van der Waals surface area contributed by atoms with Crippen LogP contribution in [0.3, 0.4) is 0 Å². The molecule has 0 aliphatic carbocycles. The lowest BCUT2D eigenvalue weighted by atomic mass is 9.68. The molecule has 8 heteroatoms. The second kappa shape index (κ2) is 8.37. The number of aromatic nitrogens is 1. The summed E-state index contributed by atoms with van der Waals surface area (Å²) in [5.41, 5.74) is -1.09. The van der Waals surface area contributed by atoms with Crippen LogP contribution in [-0.4, -0.2) is 71.3 Å². The maximum Gasteiger partial charge on any atom is 0.254 e. The Labute approximate surface area is 184 Å². The average molecular weight is 437 g/mol. The number of hydrogen-bond donors (Lipinski definition) is 1. The fourth-order valence-electron chi connectivity index (χ4n) is 5.18. The number of fused-ring (bicyclic) bond motifs is 1. The van der Waals surface area contributed by atoms with Crippen LogP contribution in [0.5, 0.6) is 5.88 Å². The minimum absolute atomic E-state index is 0.0184. The van der Waals surface area contributed by atoms with Crippen LogP contribution >= 0.6 is 0 Å². The van der Waals surface area contributed by atoms with Gasteiger partial charge in [0, 0.05) is 32.0 Å². The molecule has 1 N–H and O–H groups in total. The average Bonchev–Trinajstić information content (AvgIpc) is 3.20. The highest BCUT2D eigenvalue weighted by Gasteiger charge is 2.53. The largest absolute Gasteiger partial charge is 0.479 e. The predicted octanol–water partition coefficient (Wildman–Crippen LogP) is 2.72. The van der Waals surface area contributed by atoms with Crippen molar-refractivity contribution in [3.05, 3.63) is 11.8 Å². The number of nitrogens with zero attached hydrogens (tertiary/aromatic N) is 2. The molecule has 3 saturated heterocycles. The van der Waals surface area contributed by atoms with Gasteiger partial charge in [0.1, 0.15) is 5.76 Å². The molecule has 0 aromatic carbocycles. The van der Waals surface area contributed by atoms with Gasteiger partial charge in [-0.25, -0.2) is 0 Å². The predicted molar refractivity (Wildman–Crippen MR) is 113 cm³/mol. The Morgan fingerprint density at radius 1 is 1.35 bits per heavy atom. The lowest BCUT2D eigenvalue weighted by Gasteiger charge is -2.56. The second-order valence-corrected chi connectivity index (χ2v) is 10.3. The van der Waals surface area contributed by atoms with Gasteiger partial charge in [-0.1, -0.05) is 0 Å². The van der Waals surface area contributed by atoms with E-state index in [9.17, 15) is 9.90 Å². The Bertz CT molecular complexity index is 779. The van der Waals surface area contributed by atoms with E-state index in [1.54, 1.807) is 6.07 Å². The monoisotopic (exact) mass is 436 g/mol. The molecule has 4 rings (SSSR count). The van der Waals surface area contributed by atoms with Gasteiger partial charge in [-0.2, -0.15) is 0 Å². The normalized spacial score (nSPS) is 30.8. The molecule has 8 nitrogen and oxygen atoms in total. The SMILES string of the molecule is COc1cc(CCC(=O)N2CCC3(CC2)CO[C@]2(C)CC[C@@H](C(C)(C)O)O[C@H]2C3)on1. The number of aliphatic hydroxyl groups is 1. The van der Waals surface area contributed by atoms with E-state index in [-0.39, 0.29) is 29.1 Å². The molecule has 31 heavy (non-hydrogen) atoms. The molecule has 3 fully saturated rings. The molecule has 1 spiro atoms. The van der Waals surface area contributed by atoms with Crippen LogP contribution in [0.15, 0.2) is 10.6 Å². The van der Waals surface area contributed by atoms with E-state index in [0.717, 1.165) is 51.8 Å². The van der Waals surface area contributed by atoms with Gasteiger partial charge in [-0.3, -0.25) is 4.79 Å². The fraction of sp³-hybridized carbons (Fsp3) is 0.826. The summed E-state index contributed by atoms with van der Waals surface area (Å²) in [5.74, 6) is 1.24. The molecular formula is C23H36N2O6. The number of rotatable bonds is 5. The van der Waals surface area contributed by atoms with Crippen molar-refractivity contribution < 1.29 is 28.6 Å². The van der Waals surface area contributed by atoms with Crippen molar-refractivity contribution in [1.29, 1.82) is 0 Å². The van der Waals surface area contributed by atoms with Crippen molar-refractivity contribution in [2.24, 2.45) is 5.41 Å². The molecule has 1 amide bonds. The summed E-state index contributed by atoms with van der Waals surface area (Å²) >= 11 is 0. The number of methoxy groups -OCH3 is 1. The number of ether oxygens (including phenoxy) is 3. The van der Waals surface area contributed by atoms with E-state index < -0.39 is 5.60 Å². The molecule has 3 aliphatic heterocycles. The third-order valence-corrected chi connectivity index (χ3v) is 7.54. The lowest BCUT2D eigenvalue weighted by Crippen LogP contribution is -2.61. The minimum atomic E-state index is -0.852. The van der Waals surface area contributed by atoms with E-state index in [0.29, 0.717) is 24.5 Å². The van der Waals surface area contributed by atoms with E-state index in [4.69, 9.17) is 18.7 Å². The summed E-state index contributed by atoms with van der Waals surface area (Å²) in [7, 11) is 1.54. The van der Waals surface area contributed by atoms with Crippen LogP contribution < -0.4 is 4.74 Å². The Balaban J connectivity index is 1.30. The van der Waals surface area contributed by atoms with Gasteiger partial charge in [-0.05, 0) is 63.4 Å². The summed E-state index contributed by atoms with van der Waals surface area (Å²) in [6.45, 7) is 7.97. The fourth-order valence-corrected chi connectivity index (χ4v) is 5.18. The highest BCUT2D eigenvalue weighted by molar-refractivity contribution is 5.76. The quantitative estimate of drug-likeness (QED) is 0.758. The van der Waals surface area contributed by atoms with Gasteiger partial charge < -0.3 is 28.7 Å². The Kier molecular flexibility index (Phi) is 6.09. The van der Waals surface area contributed by atoms with Crippen molar-refractivity contribution >= 4 is 5.91 Å². The summed E-state index contributed by atoms with van der Waals surface area (Å²) in [6.07, 6.45) is 5.20. The number of amides is 1. The zero-order valence-corrected chi connectivity index (χ0v) is 19.2. The van der Waals surface area contributed by atoms with E-state index >= 15 is 0 Å². The first-order valence-corrected chi connectivity index (χ1v) is 11.4. The number of carbonyl (C=O) groups is 1. The van der Waals surface area contributed by atoms with Crippen LogP contribution in [0, 0.1) is 5.41 Å². The molecule has 0 unspecified atom stereocenters. The zero-order valence-electron chi connectivity index (χ0n) is 19.2. The highest BCUT2D eigenvalue weighted by Crippen LogP contribution is 2.49. The third-order valence-electron chi connectivity index (χ3n) is 7.54. The van der Waals surface area contributed by atoms with Crippen molar-refractivity contribution in [2.75, 3.05) is 26.8 Å².